The maximum absolute atomic E-state index is 12.6. The summed E-state index contributed by atoms with van der Waals surface area (Å²) in [5, 5.41) is 11.9. The number of hydrogen-bond acceptors (Lipinski definition) is 6. The maximum atomic E-state index is 12.6. The first-order valence-corrected chi connectivity index (χ1v) is 8.60. The van der Waals surface area contributed by atoms with Crippen LogP contribution in [0.15, 0.2) is 59.6 Å². The Morgan fingerprint density at radius 2 is 1.92 bits per heavy atom. The summed E-state index contributed by atoms with van der Waals surface area (Å²) >= 11 is 0. The average Bonchev–Trinajstić information content (AvgIpc) is 2.61. The number of hydrogen-bond donors (Lipinski definition) is 1. The molecule has 0 unspecified atom stereocenters. The minimum absolute atomic E-state index is 0.0178. The number of benzene rings is 2. The molecule has 0 aliphatic heterocycles. The highest BCUT2D eigenvalue weighted by atomic mass is 32.2. The van der Waals surface area contributed by atoms with Crippen LogP contribution in [0.4, 0.5) is 11.4 Å². The summed E-state index contributed by atoms with van der Waals surface area (Å²) < 4.78 is 32.5. The highest BCUT2D eigenvalue weighted by Crippen LogP contribution is 2.31. The van der Waals surface area contributed by atoms with Crippen molar-refractivity contribution in [1.29, 1.82) is 0 Å². The molecule has 3 rings (SSSR count). The van der Waals surface area contributed by atoms with Crippen LogP contribution in [0.1, 0.15) is 0 Å². The van der Waals surface area contributed by atoms with Crippen molar-refractivity contribution in [3.63, 3.8) is 0 Å². The van der Waals surface area contributed by atoms with Gasteiger partial charge in [-0.15, -0.1) is 0 Å². The first kappa shape index (κ1) is 16.7. The van der Waals surface area contributed by atoms with E-state index in [9.17, 15) is 18.5 Å². The second kappa shape index (κ2) is 6.36. The molecular formula is C16H13N3O5S. The zero-order valence-corrected chi connectivity index (χ0v) is 13.9. The Morgan fingerprint density at radius 1 is 1.16 bits per heavy atom. The molecule has 0 spiro atoms. The third kappa shape index (κ3) is 3.22. The van der Waals surface area contributed by atoms with E-state index in [1.54, 1.807) is 36.5 Å². The molecule has 1 N–H and O–H groups in total. The van der Waals surface area contributed by atoms with Gasteiger partial charge in [-0.1, -0.05) is 18.2 Å². The summed E-state index contributed by atoms with van der Waals surface area (Å²) in [7, 11) is -2.76. The SMILES string of the molecule is COc1ccc(S(=O)(=O)Nc2cccc3cccnc23)cc1[N+](=O)[O-]. The van der Waals surface area contributed by atoms with Crippen LogP contribution in [0.2, 0.25) is 0 Å². The molecule has 0 saturated heterocycles. The number of para-hydroxylation sites is 1. The lowest BCUT2D eigenvalue weighted by atomic mass is 10.2. The Kier molecular flexibility index (Phi) is 4.24. The van der Waals surface area contributed by atoms with Crippen LogP contribution in [-0.2, 0) is 10.0 Å². The highest BCUT2D eigenvalue weighted by Gasteiger charge is 2.22. The molecule has 9 heteroatoms. The molecule has 1 aromatic heterocycles. The number of pyridine rings is 1. The number of rotatable bonds is 5. The molecule has 3 aromatic rings. The molecule has 8 nitrogen and oxygen atoms in total. The van der Waals surface area contributed by atoms with E-state index < -0.39 is 20.6 Å². The Morgan fingerprint density at radius 3 is 2.64 bits per heavy atom. The minimum Gasteiger partial charge on any atom is -0.490 e. The van der Waals surface area contributed by atoms with Gasteiger partial charge in [-0.2, -0.15) is 0 Å². The third-order valence-corrected chi connectivity index (χ3v) is 4.90. The van der Waals surface area contributed by atoms with Gasteiger partial charge >= 0.3 is 5.69 Å². The summed E-state index contributed by atoms with van der Waals surface area (Å²) in [6, 6.07) is 12.1. The van der Waals surface area contributed by atoms with Crippen molar-refractivity contribution in [2.75, 3.05) is 11.8 Å². The largest absolute Gasteiger partial charge is 0.490 e. The first-order chi connectivity index (χ1) is 11.9. The predicted molar refractivity (Wildman–Crippen MR) is 92.2 cm³/mol. The fourth-order valence-corrected chi connectivity index (χ4v) is 3.46. The van der Waals surface area contributed by atoms with Crippen LogP contribution < -0.4 is 9.46 Å². The van der Waals surface area contributed by atoms with E-state index in [-0.39, 0.29) is 16.3 Å². The van der Waals surface area contributed by atoms with Gasteiger partial charge in [0.2, 0.25) is 0 Å². The Bertz CT molecular complexity index is 1060. The van der Waals surface area contributed by atoms with E-state index in [1.807, 2.05) is 0 Å². The quantitative estimate of drug-likeness (QED) is 0.554. The van der Waals surface area contributed by atoms with Gasteiger partial charge < -0.3 is 4.74 Å². The number of nitro groups is 1. The van der Waals surface area contributed by atoms with E-state index >= 15 is 0 Å². The summed E-state index contributed by atoms with van der Waals surface area (Å²) in [6.45, 7) is 0. The molecule has 1 heterocycles. The number of ether oxygens (including phenoxy) is 1. The number of aromatic nitrogens is 1. The molecule has 2 aromatic carbocycles. The van der Waals surface area contributed by atoms with E-state index in [2.05, 4.69) is 9.71 Å². The van der Waals surface area contributed by atoms with Crippen molar-refractivity contribution in [3.8, 4) is 5.75 Å². The number of nitro benzene ring substituents is 1. The highest BCUT2D eigenvalue weighted by molar-refractivity contribution is 7.92. The topological polar surface area (TPSA) is 111 Å². The van der Waals surface area contributed by atoms with Gasteiger partial charge in [-0.25, -0.2) is 8.42 Å². The zero-order chi connectivity index (χ0) is 18.0. The fraction of sp³-hybridized carbons (Fsp3) is 0.0625. The number of fused-ring (bicyclic) bond motifs is 1. The summed E-state index contributed by atoms with van der Waals surface area (Å²) in [6.07, 6.45) is 1.55. The van der Waals surface area contributed by atoms with E-state index in [0.717, 1.165) is 11.5 Å². The number of nitrogens with one attached hydrogen (secondary N) is 1. The first-order valence-electron chi connectivity index (χ1n) is 7.11. The second-order valence-corrected chi connectivity index (χ2v) is 6.76. The van der Waals surface area contributed by atoms with E-state index in [1.165, 1.54) is 19.2 Å². The smallest absolute Gasteiger partial charge is 0.312 e. The van der Waals surface area contributed by atoms with Crippen LogP contribution in [0.25, 0.3) is 10.9 Å². The van der Waals surface area contributed by atoms with Crippen LogP contribution in [0, 0.1) is 10.1 Å². The van der Waals surface area contributed by atoms with Crippen molar-refractivity contribution in [2.45, 2.75) is 4.90 Å². The molecule has 0 aliphatic rings. The van der Waals surface area contributed by atoms with Crippen molar-refractivity contribution in [1.82, 2.24) is 4.98 Å². The van der Waals surface area contributed by atoms with Crippen LogP contribution >= 0.6 is 0 Å². The molecule has 0 aliphatic carbocycles. The number of methoxy groups -OCH3 is 1. The number of nitrogens with zero attached hydrogens (tertiary/aromatic N) is 2. The van der Waals surface area contributed by atoms with E-state index in [0.29, 0.717) is 5.52 Å². The Hall–Kier alpha value is -3.20. The maximum Gasteiger partial charge on any atom is 0.312 e. The lowest BCUT2D eigenvalue weighted by Crippen LogP contribution is -2.13. The van der Waals surface area contributed by atoms with Crippen molar-refractivity contribution in [2.24, 2.45) is 0 Å². The van der Waals surface area contributed by atoms with Gasteiger partial charge in [-0.3, -0.25) is 19.8 Å². The molecular weight excluding hydrogens is 346 g/mol. The van der Waals surface area contributed by atoms with Crippen LogP contribution in [-0.4, -0.2) is 25.4 Å². The van der Waals surface area contributed by atoms with E-state index in [4.69, 9.17) is 4.74 Å². The third-order valence-electron chi connectivity index (χ3n) is 3.53. The lowest BCUT2D eigenvalue weighted by Gasteiger charge is -2.10. The average molecular weight is 359 g/mol. The molecule has 0 atom stereocenters. The van der Waals surface area contributed by atoms with Gasteiger partial charge in [0.05, 0.1) is 28.1 Å². The summed E-state index contributed by atoms with van der Waals surface area (Å²) in [5.74, 6) is -0.0178. The molecule has 0 radical (unpaired) electrons. The molecule has 0 fully saturated rings. The standard InChI is InChI=1S/C16H13N3O5S/c1-24-15-8-7-12(10-14(15)19(20)21)25(22,23)18-13-6-2-4-11-5-3-9-17-16(11)13/h2-10,18H,1H3. The van der Waals surface area contributed by atoms with Crippen LogP contribution in [0.3, 0.4) is 0 Å². The predicted octanol–water partition coefficient (Wildman–Crippen LogP) is 2.95. The second-order valence-electron chi connectivity index (χ2n) is 5.08. The van der Waals surface area contributed by atoms with Crippen molar-refractivity contribution >= 4 is 32.3 Å². The molecule has 128 valence electrons. The zero-order valence-electron chi connectivity index (χ0n) is 13.0. The van der Waals surface area contributed by atoms with Gasteiger partial charge in [0.1, 0.15) is 0 Å². The van der Waals surface area contributed by atoms with Gasteiger partial charge in [-0.05, 0) is 24.3 Å². The van der Waals surface area contributed by atoms with Crippen LogP contribution in [0.5, 0.6) is 5.75 Å². The van der Waals surface area contributed by atoms with Crippen molar-refractivity contribution in [3.05, 3.63) is 64.8 Å². The summed E-state index contributed by atoms with van der Waals surface area (Å²) in [5.41, 5.74) is 0.342. The summed E-state index contributed by atoms with van der Waals surface area (Å²) in [4.78, 5) is 14.3. The van der Waals surface area contributed by atoms with Gasteiger partial charge in [0, 0.05) is 17.6 Å². The monoisotopic (exact) mass is 359 g/mol. The minimum atomic E-state index is -4.04. The molecule has 0 saturated carbocycles. The normalized spacial score (nSPS) is 11.2. The Labute approximate surface area is 143 Å². The van der Waals surface area contributed by atoms with Crippen molar-refractivity contribution < 1.29 is 18.1 Å². The molecule has 0 bridgehead atoms. The number of anilines is 1. The molecule has 0 amide bonds. The fourth-order valence-electron chi connectivity index (χ4n) is 2.37. The number of sulfonamides is 1. The lowest BCUT2D eigenvalue weighted by molar-refractivity contribution is -0.386. The molecule has 25 heavy (non-hydrogen) atoms. The van der Waals surface area contributed by atoms with Gasteiger partial charge in [0.15, 0.2) is 5.75 Å². The van der Waals surface area contributed by atoms with Gasteiger partial charge in [0.25, 0.3) is 10.0 Å². The Balaban J connectivity index is 2.05.